The number of ether oxygens (including phenoxy) is 1. The summed E-state index contributed by atoms with van der Waals surface area (Å²) in [6.45, 7) is 7.00. The van der Waals surface area contributed by atoms with Gasteiger partial charge < -0.3 is 10.1 Å². The summed E-state index contributed by atoms with van der Waals surface area (Å²) >= 11 is 0. The van der Waals surface area contributed by atoms with Crippen LogP contribution in [0.4, 0.5) is 0 Å². The summed E-state index contributed by atoms with van der Waals surface area (Å²) < 4.78 is 5.74. The summed E-state index contributed by atoms with van der Waals surface area (Å²) in [5, 5.41) is 3.34. The Bertz CT molecular complexity index is 633. The molecule has 4 rings (SSSR count). The van der Waals surface area contributed by atoms with Gasteiger partial charge in [0.1, 0.15) is 0 Å². The predicted molar refractivity (Wildman–Crippen MR) is 103 cm³/mol. The van der Waals surface area contributed by atoms with Crippen LogP contribution in [-0.4, -0.2) is 43.2 Å². The van der Waals surface area contributed by atoms with Crippen LogP contribution >= 0.6 is 0 Å². The number of hydrogen-bond acceptors (Lipinski definition) is 3. The molecular weight excluding hydrogens is 324 g/mol. The van der Waals surface area contributed by atoms with Crippen molar-refractivity contribution in [1.29, 1.82) is 0 Å². The van der Waals surface area contributed by atoms with Crippen molar-refractivity contribution < 1.29 is 9.53 Å². The first-order valence-electron chi connectivity index (χ1n) is 10.3. The van der Waals surface area contributed by atoms with E-state index in [9.17, 15) is 4.79 Å². The number of amides is 1. The number of nitrogens with one attached hydrogen (secondary N) is 1. The van der Waals surface area contributed by atoms with Crippen LogP contribution < -0.4 is 5.32 Å². The Balaban J connectivity index is 1.35. The van der Waals surface area contributed by atoms with Crippen molar-refractivity contribution in [2.75, 3.05) is 26.3 Å². The fourth-order valence-corrected chi connectivity index (χ4v) is 4.64. The van der Waals surface area contributed by atoms with Crippen LogP contribution in [0.2, 0.25) is 0 Å². The third-order valence-corrected chi connectivity index (χ3v) is 6.78. The minimum absolute atomic E-state index is 0.197. The molecule has 1 aliphatic carbocycles. The van der Waals surface area contributed by atoms with Crippen LogP contribution in [0.15, 0.2) is 24.3 Å². The van der Waals surface area contributed by atoms with Crippen molar-refractivity contribution in [2.24, 2.45) is 11.3 Å². The molecule has 1 spiro atoms. The highest BCUT2D eigenvalue weighted by molar-refractivity contribution is 5.77. The highest BCUT2D eigenvalue weighted by Crippen LogP contribution is 2.41. The number of benzene rings is 1. The maximum absolute atomic E-state index is 12.4. The van der Waals surface area contributed by atoms with Crippen LogP contribution in [0, 0.1) is 18.3 Å². The summed E-state index contributed by atoms with van der Waals surface area (Å²) in [4.78, 5) is 14.9. The largest absolute Gasteiger partial charge is 0.379 e. The molecule has 2 heterocycles. The van der Waals surface area contributed by atoms with Crippen molar-refractivity contribution in [3.63, 3.8) is 0 Å². The number of carbonyl (C=O) groups excluding carboxylic acids is 1. The van der Waals surface area contributed by atoms with E-state index in [0.717, 1.165) is 45.5 Å². The van der Waals surface area contributed by atoms with E-state index in [2.05, 4.69) is 41.4 Å². The molecule has 0 bridgehead atoms. The molecule has 26 heavy (non-hydrogen) atoms. The fourth-order valence-electron chi connectivity index (χ4n) is 4.64. The number of piperidine rings is 1. The van der Waals surface area contributed by atoms with E-state index in [4.69, 9.17) is 4.74 Å². The van der Waals surface area contributed by atoms with Gasteiger partial charge in [0.05, 0.1) is 12.6 Å². The number of carbonyl (C=O) groups is 1. The van der Waals surface area contributed by atoms with Crippen molar-refractivity contribution in [3.8, 4) is 0 Å². The average Bonchev–Trinajstić information content (AvgIpc) is 3.45. The number of nitrogens with zero attached hydrogens (tertiary/aromatic N) is 1. The number of aryl methyl sites for hydroxylation is 1. The molecule has 1 amide bonds. The Morgan fingerprint density at radius 3 is 2.73 bits per heavy atom. The Hall–Kier alpha value is -1.39. The molecule has 4 heteroatoms. The monoisotopic (exact) mass is 356 g/mol. The van der Waals surface area contributed by atoms with Crippen molar-refractivity contribution in [3.05, 3.63) is 35.4 Å². The molecule has 2 saturated heterocycles. The average molecular weight is 357 g/mol. The van der Waals surface area contributed by atoms with E-state index in [1.54, 1.807) is 0 Å². The smallest absolute Gasteiger partial charge is 0.220 e. The summed E-state index contributed by atoms with van der Waals surface area (Å²) in [5.41, 5.74) is 3.05. The first kappa shape index (κ1) is 18.0. The lowest BCUT2D eigenvalue weighted by atomic mass is 9.69. The lowest BCUT2D eigenvalue weighted by Crippen LogP contribution is -2.57. The van der Waals surface area contributed by atoms with Gasteiger partial charge in [0.15, 0.2) is 0 Å². The van der Waals surface area contributed by atoms with Crippen molar-refractivity contribution in [2.45, 2.75) is 58.0 Å². The molecule has 0 aromatic heterocycles. The molecular formula is C22H32N2O2. The quantitative estimate of drug-likeness (QED) is 0.880. The summed E-state index contributed by atoms with van der Waals surface area (Å²) in [6.07, 6.45) is 6.58. The Kier molecular flexibility index (Phi) is 5.32. The fraction of sp³-hybridized carbons (Fsp3) is 0.682. The van der Waals surface area contributed by atoms with Gasteiger partial charge in [-0.15, -0.1) is 0 Å². The van der Waals surface area contributed by atoms with Gasteiger partial charge in [0.25, 0.3) is 0 Å². The van der Waals surface area contributed by atoms with Crippen LogP contribution in [0.25, 0.3) is 0 Å². The SMILES string of the molecule is Cc1ccccc1CN1CCC2(CCOC[C@H]2NC(=O)CC2CC2)CC1. The zero-order valence-electron chi connectivity index (χ0n) is 16.0. The second kappa shape index (κ2) is 7.69. The molecule has 0 radical (unpaired) electrons. The molecule has 1 aromatic rings. The Labute approximate surface area is 157 Å². The lowest BCUT2D eigenvalue weighted by Gasteiger charge is -2.49. The van der Waals surface area contributed by atoms with Gasteiger partial charge in [-0.25, -0.2) is 0 Å². The lowest BCUT2D eigenvalue weighted by molar-refractivity contribution is -0.127. The standard InChI is InChI=1S/C22H32N2O2/c1-17-4-2-3-5-19(17)15-24-11-8-22(9-12-24)10-13-26-16-20(22)23-21(25)14-18-6-7-18/h2-5,18,20H,6-16H2,1H3,(H,23,25)/t20-/m1/s1. The van der Waals surface area contributed by atoms with Gasteiger partial charge >= 0.3 is 0 Å². The van der Waals surface area contributed by atoms with E-state index in [-0.39, 0.29) is 17.4 Å². The molecule has 4 nitrogen and oxygen atoms in total. The minimum atomic E-state index is 0.197. The first-order chi connectivity index (χ1) is 12.6. The Morgan fingerprint density at radius 1 is 1.23 bits per heavy atom. The molecule has 0 unspecified atom stereocenters. The molecule has 142 valence electrons. The van der Waals surface area contributed by atoms with Gasteiger partial charge in [-0.3, -0.25) is 9.69 Å². The van der Waals surface area contributed by atoms with Crippen LogP contribution in [0.1, 0.15) is 49.7 Å². The molecule has 1 atom stereocenters. The summed E-state index contributed by atoms with van der Waals surface area (Å²) in [6, 6.07) is 8.89. The van der Waals surface area contributed by atoms with Gasteiger partial charge in [-0.2, -0.15) is 0 Å². The Morgan fingerprint density at radius 2 is 2.00 bits per heavy atom. The maximum atomic E-state index is 12.4. The van der Waals surface area contributed by atoms with E-state index < -0.39 is 0 Å². The first-order valence-corrected chi connectivity index (χ1v) is 10.3. The van der Waals surface area contributed by atoms with Gasteiger partial charge in [0, 0.05) is 19.6 Å². The number of rotatable bonds is 5. The second-order valence-electron chi connectivity index (χ2n) is 8.66. The molecule has 3 aliphatic rings. The molecule has 1 N–H and O–H groups in total. The third kappa shape index (κ3) is 4.12. The topological polar surface area (TPSA) is 41.6 Å². The molecule has 1 aromatic carbocycles. The van der Waals surface area contributed by atoms with Crippen molar-refractivity contribution in [1.82, 2.24) is 10.2 Å². The molecule has 1 saturated carbocycles. The van der Waals surface area contributed by atoms with E-state index >= 15 is 0 Å². The van der Waals surface area contributed by atoms with Gasteiger partial charge in [0.2, 0.25) is 5.91 Å². The van der Waals surface area contributed by atoms with Gasteiger partial charge in [-0.1, -0.05) is 24.3 Å². The number of likely N-dealkylation sites (tertiary alicyclic amines) is 1. The van der Waals surface area contributed by atoms with E-state index in [1.165, 1.54) is 24.0 Å². The van der Waals surface area contributed by atoms with Crippen LogP contribution in [0.5, 0.6) is 0 Å². The number of hydrogen-bond donors (Lipinski definition) is 1. The normalized spacial score (nSPS) is 26.0. The van der Waals surface area contributed by atoms with Crippen molar-refractivity contribution >= 4 is 5.91 Å². The zero-order chi connectivity index (χ0) is 18.0. The highest BCUT2D eigenvalue weighted by atomic mass is 16.5. The van der Waals surface area contributed by atoms with E-state index in [0.29, 0.717) is 18.9 Å². The third-order valence-electron chi connectivity index (χ3n) is 6.78. The highest BCUT2D eigenvalue weighted by Gasteiger charge is 2.44. The molecule has 3 fully saturated rings. The van der Waals surface area contributed by atoms with Gasteiger partial charge in [-0.05, 0) is 74.6 Å². The summed E-state index contributed by atoms with van der Waals surface area (Å²) in [7, 11) is 0. The predicted octanol–water partition coefficient (Wildman–Crippen LogP) is 3.28. The second-order valence-corrected chi connectivity index (χ2v) is 8.66. The zero-order valence-corrected chi connectivity index (χ0v) is 16.0. The minimum Gasteiger partial charge on any atom is -0.379 e. The maximum Gasteiger partial charge on any atom is 0.220 e. The van der Waals surface area contributed by atoms with Crippen LogP contribution in [-0.2, 0) is 16.1 Å². The molecule has 2 aliphatic heterocycles. The summed E-state index contributed by atoms with van der Waals surface area (Å²) in [5.74, 6) is 0.885. The van der Waals surface area contributed by atoms with E-state index in [1.807, 2.05) is 0 Å². The van der Waals surface area contributed by atoms with Crippen LogP contribution in [0.3, 0.4) is 0 Å².